The highest BCUT2D eigenvalue weighted by Gasteiger charge is 2.09. The minimum Gasteiger partial charge on any atom is -0.391 e. The number of aliphatic hydroxyl groups excluding tert-OH is 1. The smallest absolute Gasteiger partial charge is 0.270 e. The van der Waals surface area contributed by atoms with Gasteiger partial charge >= 0.3 is 0 Å². The second kappa shape index (κ2) is 5.41. The molecule has 0 bridgehead atoms. The number of aromatic nitrogens is 1. The molecule has 0 aliphatic rings. The molecule has 1 atom stereocenters. The molecule has 0 fully saturated rings. The Morgan fingerprint density at radius 1 is 1.67 bits per heavy atom. The van der Waals surface area contributed by atoms with Crippen LogP contribution in [0.2, 0.25) is 0 Å². The van der Waals surface area contributed by atoms with Crippen LogP contribution >= 0.6 is 0 Å². The van der Waals surface area contributed by atoms with Crippen LogP contribution < -0.4 is 5.32 Å². The third-order valence-corrected chi connectivity index (χ3v) is 1.92. The van der Waals surface area contributed by atoms with Gasteiger partial charge in [0.05, 0.1) is 6.10 Å². The number of hydrogen-bond acceptors (Lipinski definition) is 3. The SMILES string of the molecule is CCC(O)CNC(=O)c1cccc(F)n1. The van der Waals surface area contributed by atoms with Gasteiger partial charge in [0.25, 0.3) is 5.91 Å². The summed E-state index contributed by atoms with van der Waals surface area (Å²) in [7, 11) is 0. The lowest BCUT2D eigenvalue weighted by molar-refractivity contribution is 0.0908. The molecule has 0 aliphatic heterocycles. The van der Waals surface area contributed by atoms with Crippen LogP contribution in [0.1, 0.15) is 23.8 Å². The number of nitrogens with one attached hydrogen (secondary N) is 1. The molecule has 1 amide bonds. The summed E-state index contributed by atoms with van der Waals surface area (Å²) < 4.78 is 12.7. The predicted octanol–water partition coefficient (Wildman–Crippen LogP) is 0.721. The zero-order valence-corrected chi connectivity index (χ0v) is 8.40. The van der Waals surface area contributed by atoms with Gasteiger partial charge in [-0.2, -0.15) is 4.39 Å². The molecule has 0 aromatic carbocycles. The number of halogens is 1. The third kappa shape index (κ3) is 3.63. The first-order valence-corrected chi connectivity index (χ1v) is 4.72. The Labute approximate surface area is 87.1 Å². The van der Waals surface area contributed by atoms with Gasteiger partial charge in [0.15, 0.2) is 0 Å². The molecular weight excluding hydrogens is 199 g/mol. The average Bonchev–Trinajstić information content (AvgIpc) is 2.25. The maximum Gasteiger partial charge on any atom is 0.270 e. The van der Waals surface area contributed by atoms with Gasteiger partial charge < -0.3 is 10.4 Å². The van der Waals surface area contributed by atoms with Gasteiger partial charge in [-0.15, -0.1) is 0 Å². The van der Waals surface area contributed by atoms with Crippen molar-refractivity contribution in [3.8, 4) is 0 Å². The van der Waals surface area contributed by atoms with E-state index in [1.807, 2.05) is 0 Å². The molecule has 0 spiro atoms. The maximum absolute atomic E-state index is 12.7. The van der Waals surface area contributed by atoms with Gasteiger partial charge in [0.1, 0.15) is 5.69 Å². The molecular formula is C10H13FN2O2. The molecule has 0 saturated heterocycles. The lowest BCUT2D eigenvalue weighted by Crippen LogP contribution is -2.32. The molecule has 5 heteroatoms. The average molecular weight is 212 g/mol. The summed E-state index contributed by atoms with van der Waals surface area (Å²) in [5, 5.41) is 11.7. The van der Waals surface area contributed by atoms with Crippen LogP contribution in [0.25, 0.3) is 0 Å². The first kappa shape index (κ1) is 11.6. The van der Waals surface area contributed by atoms with Gasteiger partial charge in [-0.3, -0.25) is 4.79 Å². The van der Waals surface area contributed by atoms with Gasteiger partial charge in [0.2, 0.25) is 5.95 Å². The Kier molecular flexibility index (Phi) is 4.17. The van der Waals surface area contributed by atoms with E-state index >= 15 is 0 Å². The highest BCUT2D eigenvalue weighted by atomic mass is 19.1. The first-order chi connectivity index (χ1) is 7.13. The second-order valence-electron chi connectivity index (χ2n) is 3.12. The lowest BCUT2D eigenvalue weighted by Gasteiger charge is -2.08. The van der Waals surface area contributed by atoms with Crippen LogP contribution in [0.4, 0.5) is 4.39 Å². The van der Waals surface area contributed by atoms with Crippen LogP contribution in [0.15, 0.2) is 18.2 Å². The van der Waals surface area contributed by atoms with E-state index in [0.717, 1.165) is 6.07 Å². The Morgan fingerprint density at radius 3 is 3.00 bits per heavy atom. The fourth-order valence-electron chi connectivity index (χ4n) is 0.980. The molecule has 82 valence electrons. The number of rotatable bonds is 4. The van der Waals surface area contributed by atoms with E-state index < -0.39 is 18.0 Å². The van der Waals surface area contributed by atoms with Gasteiger partial charge in [0, 0.05) is 6.54 Å². The number of nitrogens with zero attached hydrogens (tertiary/aromatic N) is 1. The third-order valence-electron chi connectivity index (χ3n) is 1.92. The van der Waals surface area contributed by atoms with Crippen molar-refractivity contribution in [3.63, 3.8) is 0 Å². The Morgan fingerprint density at radius 2 is 2.40 bits per heavy atom. The summed E-state index contributed by atoms with van der Waals surface area (Å²) in [6.45, 7) is 1.95. The fraction of sp³-hybridized carbons (Fsp3) is 0.400. The molecule has 1 heterocycles. The quantitative estimate of drug-likeness (QED) is 0.723. The molecule has 15 heavy (non-hydrogen) atoms. The van der Waals surface area contributed by atoms with E-state index in [4.69, 9.17) is 0 Å². The molecule has 0 radical (unpaired) electrons. The van der Waals surface area contributed by atoms with Crippen molar-refractivity contribution in [1.29, 1.82) is 0 Å². The number of amides is 1. The lowest BCUT2D eigenvalue weighted by atomic mass is 10.2. The summed E-state index contributed by atoms with van der Waals surface area (Å²) in [5.74, 6) is -1.18. The zero-order valence-electron chi connectivity index (χ0n) is 8.40. The molecule has 1 unspecified atom stereocenters. The standard InChI is InChI=1S/C10H13FN2O2/c1-2-7(14)6-12-10(15)8-4-3-5-9(11)13-8/h3-5,7,14H,2,6H2,1H3,(H,12,15). The summed E-state index contributed by atoms with van der Waals surface area (Å²) >= 11 is 0. The Bertz CT molecular complexity index is 344. The van der Waals surface area contributed by atoms with Crippen molar-refractivity contribution in [2.75, 3.05) is 6.54 Å². The van der Waals surface area contributed by atoms with Crippen LogP contribution in [0, 0.1) is 5.95 Å². The number of hydrogen-bond donors (Lipinski definition) is 2. The van der Waals surface area contributed by atoms with E-state index in [9.17, 15) is 14.3 Å². The van der Waals surface area contributed by atoms with E-state index in [0.29, 0.717) is 6.42 Å². The minimum absolute atomic E-state index is 0.0123. The molecule has 1 aromatic rings. The van der Waals surface area contributed by atoms with Gasteiger partial charge in [-0.1, -0.05) is 13.0 Å². The van der Waals surface area contributed by atoms with Crippen LogP contribution in [-0.4, -0.2) is 28.6 Å². The zero-order chi connectivity index (χ0) is 11.3. The van der Waals surface area contributed by atoms with Crippen molar-refractivity contribution < 1.29 is 14.3 Å². The largest absolute Gasteiger partial charge is 0.391 e. The highest BCUT2D eigenvalue weighted by molar-refractivity contribution is 5.92. The molecule has 0 aliphatic carbocycles. The molecule has 1 rings (SSSR count). The highest BCUT2D eigenvalue weighted by Crippen LogP contribution is 1.97. The van der Waals surface area contributed by atoms with Crippen LogP contribution in [-0.2, 0) is 0 Å². The monoisotopic (exact) mass is 212 g/mol. The topological polar surface area (TPSA) is 62.2 Å². The van der Waals surface area contributed by atoms with E-state index in [-0.39, 0.29) is 12.2 Å². The summed E-state index contributed by atoms with van der Waals surface area (Å²) in [6, 6.07) is 3.99. The fourth-order valence-corrected chi connectivity index (χ4v) is 0.980. The second-order valence-corrected chi connectivity index (χ2v) is 3.12. The number of pyridine rings is 1. The van der Waals surface area contributed by atoms with E-state index in [2.05, 4.69) is 10.3 Å². The van der Waals surface area contributed by atoms with Gasteiger partial charge in [-0.05, 0) is 18.6 Å². The number of carbonyl (C=O) groups excluding carboxylic acids is 1. The number of carbonyl (C=O) groups is 1. The van der Waals surface area contributed by atoms with Crippen molar-refractivity contribution in [2.45, 2.75) is 19.4 Å². The maximum atomic E-state index is 12.7. The minimum atomic E-state index is -0.696. The van der Waals surface area contributed by atoms with Crippen molar-refractivity contribution >= 4 is 5.91 Å². The molecule has 4 nitrogen and oxygen atoms in total. The Hall–Kier alpha value is -1.49. The van der Waals surface area contributed by atoms with E-state index in [1.54, 1.807) is 6.92 Å². The Balaban J connectivity index is 2.54. The number of aliphatic hydroxyl groups is 1. The van der Waals surface area contributed by atoms with Crippen LogP contribution in [0.5, 0.6) is 0 Å². The van der Waals surface area contributed by atoms with Crippen molar-refractivity contribution in [3.05, 3.63) is 29.8 Å². The molecule has 0 saturated carbocycles. The summed E-state index contributed by atoms with van der Waals surface area (Å²) in [4.78, 5) is 14.8. The van der Waals surface area contributed by atoms with Gasteiger partial charge in [-0.25, -0.2) is 4.98 Å². The summed E-state index contributed by atoms with van der Waals surface area (Å²) in [5.41, 5.74) is 0.0123. The normalized spacial score (nSPS) is 12.2. The molecule has 1 aromatic heterocycles. The van der Waals surface area contributed by atoms with E-state index in [1.165, 1.54) is 12.1 Å². The molecule has 2 N–H and O–H groups in total. The predicted molar refractivity (Wildman–Crippen MR) is 52.8 cm³/mol. The first-order valence-electron chi connectivity index (χ1n) is 4.72. The van der Waals surface area contributed by atoms with Crippen molar-refractivity contribution in [2.24, 2.45) is 0 Å². The summed E-state index contributed by atoms with van der Waals surface area (Å²) in [6.07, 6.45) is -0.0286. The van der Waals surface area contributed by atoms with Crippen LogP contribution in [0.3, 0.4) is 0 Å². The van der Waals surface area contributed by atoms with Crippen molar-refractivity contribution in [1.82, 2.24) is 10.3 Å².